The number of aromatic nitrogens is 3. The summed E-state index contributed by atoms with van der Waals surface area (Å²) in [5, 5.41) is 15.5. The van der Waals surface area contributed by atoms with E-state index >= 15 is 0 Å². The zero-order chi connectivity index (χ0) is 23.5. The molecule has 5 rings (SSSR count). The number of nitrogens with zero attached hydrogens (tertiary/aromatic N) is 3. The number of nitrogens with two attached hydrogens (primary N) is 1. The van der Waals surface area contributed by atoms with Gasteiger partial charge in [0.2, 0.25) is 0 Å². The molecular weight excluding hydrogens is 426 g/mol. The number of nitrogen functional groups attached to an aromatic ring is 1. The molecule has 1 unspecified atom stereocenters. The number of amides is 1. The SMILES string of the molecule is Nc1nccc2cc(CC(NC(=O)c3ccncc3)c3ccc4ncc(CO)cc4c3)ccc12. The van der Waals surface area contributed by atoms with E-state index in [1.165, 1.54) is 0 Å². The van der Waals surface area contributed by atoms with Crippen molar-refractivity contribution in [1.29, 1.82) is 0 Å². The molecule has 3 aromatic heterocycles. The van der Waals surface area contributed by atoms with Crippen LogP contribution in [0, 0.1) is 0 Å². The van der Waals surface area contributed by atoms with E-state index < -0.39 is 0 Å². The summed E-state index contributed by atoms with van der Waals surface area (Å²) in [4.78, 5) is 25.6. The summed E-state index contributed by atoms with van der Waals surface area (Å²) in [6, 6.07) is 18.9. The van der Waals surface area contributed by atoms with Gasteiger partial charge in [0.1, 0.15) is 5.82 Å². The highest BCUT2D eigenvalue weighted by Gasteiger charge is 2.18. The lowest BCUT2D eigenvalue weighted by molar-refractivity contribution is 0.0936. The monoisotopic (exact) mass is 449 g/mol. The smallest absolute Gasteiger partial charge is 0.251 e. The van der Waals surface area contributed by atoms with Gasteiger partial charge < -0.3 is 16.2 Å². The molecule has 0 saturated heterocycles. The molecular formula is C27H23N5O2. The van der Waals surface area contributed by atoms with Crippen molar-refractivity contribution in [2.75, 3.05) is 5.73 Å². The van der Waals surface area contributed by atoms with Crippen LogP contribution in [0.3, 0.4) is 0 Å². The number of hydrogen-bond acceptors (Lipinski definition) is 6. The molecule has 168 valence electrons. The van der Waals surface area contributed by atoms with Crippen LogP contribution in [0.2, 0.25) is 0 Å². The van der Waals surface area contributed by atoms with E-state index in [0.717, 1.165) is 38.4 Å². The fourth-order valence-corrected chi connectivity index (χ4v) is 4.11. The molecule has 0 aliphatic heterocycles. The molecule has 0 saturated carbocycles. The summed E-state index contributed by atoms with van der Waals surface area (Å²) in [5.74, 6) is 0.317. The molecule has 0 spiro atoms. The average Bonchev–Trinajstić information content (AvgIpc) is 2.88. The topological polar surface area (TPSA) is 114 Å². The van der Waals surface area contributed by atoms with Crippen molar-refractivity contribution >= 4 is 33.4 Å². The van der Waals surface area contributed by atoms with E-state index in [-0.39, 0.29) is 18.6 Å². The molecule has 1 amide bonds. The molecule has 3 heterocycles. The number of aliphatic hydroxyl groups is 1. The van der Waals surface area contributed by atoms with E-state index in [2.05, 4.69) is 26.3 Å². The molecule has 0 aliphatic rings. The standard InChI is InChI=1S/C27H23N5O2/c28-26-23-3-1-17(11-20(23)7-10-30-26)13-25(32-27(34)19-5-8-29-9-6-19)21-2-4-24-22(14-21)12-18(16-33)15-31-24/h1-12,14-15,25,33H,13,16H2,(H2,28,30)(H,32,34). The van der Waals surface area contributed by atoms with Gasteiger partial charge in [-0.3, -0.25) is 14.8 Å². The number of fused-ring (bicyclic) bond motifs is 2. The predicted octanol–water partition coefficient (Wildman–Crippen LogP) is 3.97. The minimum absolute atomic E-state index is 0.0789. The highest BCUT2D eigenvalue weighted by molar-refractivity contribution is 5.94. The Kier molecular flexibility index (Phi) is 5.84. The van der Waals surface area contributed by atoms with Crippen LogP contribution >= 0.6 is 0 Å². The van der Waals surface area contributed by atoms with Crippen molar-refractivity contribution in [2.45, 2.75) is 19.1 Å². The normalized spacial score (nSPS) is 12.0. The molecule has 2 aromatic carbocycles. The lowest BCUT2D eigenvalue weighted by atomic mass is 9.95. The Morgan fingerprint density at radius 1 is 0.912 bits per heavy atom. The van der Waals surface area contributed by atoms with Crippen molar-refractivity contribution < 1.29 is 9.90 Å². The highest BCUT2D eigenvalue weighted by atomic mass is 16.3. The Morgan fingerprint density at radius 2 is 1.74 bits per heavy atom. The largest absolute Gasteiger partial charge is 0.392 e. The van der Waals surface area contributed by atoms with Crippen molar-refractivity contribution in [3.8, 4) is 0 Å². The Balaban J connectivity index is 1.53. The summed E-state index contributed by atoms with van der Waals surface area (Å²) in [7, 11) is 0. The van der Waals surface area contributed by atoms with Crippen LogP contribution in [0.4, 0.5) is 5.82 Å². The summed E-state index contributed by atoms with van der Waals surface area (Å²) < 4.78 is 0. The molecule has 7 nitrogen and oxygen atoms in total. The van der Waals surface area contributed by atoms with E-state index in [1.54, 1.807) is 36.9 Å². The van der Waals surface area contributed by atoms with Crippen LogP contribution in [-0.4, -0.2) is 26.0 Å². The fraction of sp³-hybridized carbons (Fsp3) is 0.111. The Morgan fingerprint density at radius 3 is 2.56 bits per heavy atom. The number of benzene rings is 2. The first-order valence-electron chi connectivity index (χ1n) is 10.9. The van der Waals surface area contributed by atoms with Crippen LogP contribution in [-0.2, 0) is 13.0 Å². The zero-order valence-electron chi connectivity index (χ0n) is 18.3. The van der Waals surface area contributed by atoms with Crippen molar-refractivity contribution in [3.05, 3.63) is 108 Å². The summed E-state index contributed by atoms with van der Waals surface area (Å²) in [6.07, 6.45) is 7.14. The van der Waals surface area contributed by atoms with Gasteiger partial charge in [0, 0.05) is 41.1 Å². The lowest BCUT2D eigenvalue weighted by Gasteiger charge is -2.20. The summed E-state index contributed by atoms with van der Waals surface area (Å²) in [5.41, 5.74) is 10.1. The minimum atomic E-state index is -0.292. The van der Waals surface area contributed by atoms with Crippen molar-refractivity contribution in [3.63, 3.8) is 0 Å². The van der Waals surface area contributed by atoms with Crippen LogP contribution in [0.25, 0.3) is 21.7 Å². The molecule has 7 heteroatoms. The maximum atomic E-state index is 13.0. The first kappa shape index (κ1) is 21.5. The number of nitrogens with one attached hydrogen (secondary N) is 1. The highest BCUT2D eigenvalue weighted by Crippen LogP contribution is 2.26. The second-order valence-corrected chi connectivity index (χ2v) is 8.17. The number of aliphatic hydroxyl groups excluding tert-OH is 1. The number of rotatable bonds is 6. The van der Waals surface area contributed by atoms with Gasteiger partial charge in [-0.05, 0) is 64.9 Å². The predicted molar refractivity (Wildman–Crippen MR) is 132 cm³/mol. The third-order valence-electron chi connectivity index (χ3n) is 5.89. The molecule has 34 heavy (non-hydrogen) atoms. The second-order valence-electron chi connectivity index (χ2n) is 8.17. The number of pyridine rings is 3. The van der Waals surface area contributed by atoms with Gasteiger partial charge in [0.15, 0.2) is 0 Å². The van der Waals surface area contributed by atoms with Gasteiger partial charge in [-0.15, -0.1) is 0 Å². The summed E-state index contributed by atoms with van der Waals surface area (Å²) in [6.45, 7) is -0.0789. The van der Waals surface area contributed by atoms with Crippen molar-refractivity contribution in [2.24, 2.45) is 0 Å². The van der Waals surface area contributed by atoms with E-state index in [9.17, 15) is 9.90 Å². The van der Waals surface area contributed by atoms with Gasteiger partial charge in [-0.1, -0.05) is 24.3 Å². The Hall–Kier alpha value is -4.36. The molecule has 5 aromatic rings. The van der Waals surface area contributed by atoms with Gasteiger partial charge >= 0.3 is 0 Å². The van der Waals surface area contributed by atoms with Crippen LogP contribution in [0.15, 0.2) is 85.5 Å². The van der Waals surface area contributed by atoms with E-state index in [4.69, 9.17) is 5.73 Å². The maximum Gasteiger partial charge on any atom is 0.251 e. The summed E-state index contributed by atoms with van der Waals surface area (Å²) >= 11 is 0. The average molecular weight is 450 g/mol. The van der Waals surface area contributed by atoms with E-state index in [0.29, 0.717) is 17.8 Å². The molecule has 0 radical (unpaired) electrons. The Bertz CT molecular complexity index is 1490. The molecule has 4 N–H and O–H groups in total. The molecule has 0 aliphatic carbocycles. The van der Waals surface area contributed by atoms with E-state index in [1.807, 2.05) is 42.5 Å². The number of carbonyl (C=O) groups is 1. The first-order valence-corrected chi connectivity index (χ1v) is 10.9. The van der Waals surface area contributed by atoms with Crippen LogP contribution in [0.1, 0.15) is 33.1 Å². The van der Waals surface area contributed by atoms with Crippen LogP contribution < -0.4 is 11.1 Å². The van der Waals surface area contributed by atoms with Crippen LogP contribution in [0.5, 0.6) is 0 Å². The Labute approximate surface area is 196 Å². The maximum absolute atomic E-state index is 13.0. The lowest BCUT2D eigenvalue weighted by Crippen LogP contribution is -2.30. The van der Waals surface area contributed by atoms with Gasteiger partial charge in [-0.2, -0.15) is 0 Å². The first-order chi connectivity index (χ1) is 16.6. The van der Waals surface area contributed by atoms with Gasteiger partial charge in [0.25, 0.3) is 5.91 Å². The number of anilines is 1. The molecule has 0 bridgehead atoms. The number of carbonyl (C=O) groups excluding carboxylic acids is 1. The van der Waals surface area contributed by atoms with Gasteiger partial charge in [-0.25, -0.2) is 4.98 Å². The third-order valence-corrected chi connectivity index (χ3v) is 5.89. The minimum Gasteiger partial charge on any atom is -0.392 e. The number of hydrogen-bond donors (Lipinski definition) is 3. The molecule has 1 atom stereocenters. The zero-order valence-corrected chi connectivity index (χ0v) is 18.3. The van der Waals surface area contributed by atoms with Crippen molar-refractivity contribution in [1.82, 2.24) is 20.3 Å². The molecule has 0 fully saturated rings. The third kappa shape index (κ3) is 4.42. The fourth-order valence-electron chi connectivity index (χ4n) is 4.11. The quantitative estimate of drug-likeness (QED) is 0.361. The van der Waals surface area contributed by atoms with Gasteiger partial charge in [0.05, 0.1) is 18.2 Å². The second kappa shape index (κ2) is 9.25.